The number of fused-ring (bicyclic) bond motifs is 1. The third-order valence-corrected chi connectivity index (χ3v) is 8.08. The third-order valence-electron chi connectivity index (χ3n) is 6.31. The van der Waals surface area contributed by atoms with Crippen molar-refractivity contribution < 1.29 is 31.8 Å². The smallest absolute Gasteiger partial charge is 0.264 e. The van der Waals surface area contributed by atoms with Gasteiger partial charge < -0.3 is 24.4 Å². The molecular weight excluding hydrogens is 513 g/mol. The summed E-state index contributed by atoms with van der Waals surface area (Å²) in [4.78, 5) is 15.1. The number of halogens is 1. The molecule has 9 nitrogen and oxygen atoms in total. The highest BCUT2D eigenvalue weighted by molar-refractivity contribution is 7.92. The van der Waals surface area contributed by atoms with Gasteiger partial charge in [0.2, 0.25) is 5.91 Å². The van der Waals surface area contributed by atoms with Gasteiger partial charge in [-0.2, -0.15) is 0 Å². The molecule has 1 saturated heterocycles. The van der Waals surface area contributed by atoms with Crippen LogP contribution < -0.4 is 24.0 Å². The van der Waals surface area contributed by atoms with E-state index in [0.29, 0.717) is 37.9 Å². The molecule has 1 amide bonds. The average Bonchev–Trinajstić information content (AvgIpc) is 2.96. The first-order chi connectivity index (χ1) is 18.4. The van der Waals surface area contributed by atoms with Gasteiger partial charge in [0.1, 0.15) is 25.6 Å². The molecule has 0 saturated carbocycles. The quantitative estimate of drug-likeness (QED) is 0.468. The Morgan fingerprint density at radius 1 is 0.895 bits per heavy atom. The van der Waals surface area contributed by atoms with Crippen molar-refractivity contribution in [1.82, 2.24) is 5.32 Å². The van der Waals surface area contributed by atoms with Crippen LogP contribution in [0.1, 0.15) is 5.56 Å². The molecule has 1 N–H and O–H groups in total. The number of morpholine rings is 1. The van der Waals surface area contributed by atoms with Gasteiger partial charge in [-0.3, -0.25) is 9.10 Å². The van der Waals surface area contributed by atoms with Crippen LogP contribution in [0.2, 0.25) is 0 Å². The SMILES string of the molecule is O=C(CN(c1ccc(F)cc1)S(=O)(=O)c1ccc2c(c1)OCCO2)NCc1ccc(N2CCOCC2)cc1. The number of nitrogens with one attached hydrogen (secondary N) is 1. The van der Waals surface area contributed by atoms with E-state index in [2.05, 4.69) is 10.2 Å². The standard InChI is InChI=1S/C27H28FN3O6S/c28-21-3-7-23(8-4-21)31(38(33,34)24-9-10-25-26(17-24)37-16-15-36-25)19-27(32)29-18-20-1-5-22(6-2-20)30-11-13-35-14-12-30/h1-10,17H,11-16,18-19H2,(H,29,32). The molecule has 3 aromatic rings. The molecule has 3 aromatic carbocycles. The summed E-state index contributed by atoms with van der Waals surface area (Å²) in [7, 11) is -4.20. The lowest BCUT2D eigenvalue weighted by Gasteiger charge is -2.29. The molecule has 0 aromatic heterocycles. The van der Waals surface area contributed by atoms with Crippen LogP contribution in [0.15, 0.2) is 71.6 Å². The third kappa shape index (κ3) is 5.84. The molecule has 2 aliphatic heterocycles. The van der Waals surface area contributed by atoms with Crippen LogP contribution in [-0.2, 0) is 26.1 Å². The van der Waals surface area contributed by atoms with Crippen molar-refractivity contribution in [3.63, 3.8) is 0 Å². The monoisotopic (exact) mass is 541 g/mol. The van der Waals surface area contributed by atoms with Crippen LogP contribution in [0.3, 0.4) is 0 Å². The summed E-state index contributed by atoms with van der Waals surface area (Å²) in [5.74, 6) is -0.273. The highest BCUT2D eigenvalue weighted by atomic mass is 32.2. The van der Waals surface area contributed by atoms with Crippen molar-refractivity contribution in [2.45, 2.75) is 11.4 Å². The van der Waals surface area contributed by atoms with Gasteiger partial charge >= 0.3 is 0 Å². The summed E-state index contributed by atoms with van der Waals surface area (Å²) in [5, 5.41) is 2.79. The summed E-state index contributed by atoms with van der Waals surface area (Å²) in [6.07, 6.45) is 0. The van der Waals surface area contributed by atoms with Crippen LogP contribution in [0, 0.1) is 5.82 Å². The summed E-state index contributed by atoms with van der Waals surface area (Å²) in [6, 6.07) is 17.1. The number of benzene rings is 3. The molecular formula is C27H28FN3O6S. The fourth-order valence-corrected chi connectivity index (χ4v) is 5.70. The minimum atomic E-state index is -4.20. The van der Waals surface area contributed by atoms with Gasteiger partial charge in [-0.25, -0.2) is 12.8 Å². The zero-order valence-corrected chi connectivity index (χ0v) is 21.5. The molecule has 2 heterocycles. The molecule has 200 valence electrons. The minimum absolute atomic E-state index is 0.0717. The lowest BCUT2D eigenvalue weighted by atomic mass is 10.2. The van der Waals surface area contributed by atoms with Gasteiger partial charge in [-0.1, -0.05) is 12.1 Å². The van der Waals surface area contributed by atoms with Crippen LogP contribution in [0.25, 0.3) is 0 Å². The number of ether oxygens (including phenoxy) is 3. The fourth-order valence-electron chi connectivity index (χ4n) is 4.27. The van der Waals surface area contributed by atoms with E-state index >= 15 is 0 Å². The number of hydrogen-bond acceptors (Lipinski definition) is 7. The Kier molecular flexibility index (Phi) is 7.66. The van der Waals surface area contributed by atoms with Crippen LogP contribution in [0.4, 0.5) is 15.8 Å². The Morgan fingerprint density at radius 2 is 1.58 bits per heavy atom. The second-order valence-corrected chi connectivity index (χ2v) is 10.7. The normalized spacial score (nSPS) is 15.1. The second-order valence-electron chi connectivity index (χ2n) is 8.84. The number of hydrogen-bond donors (Lipinski definition) is 1. The molecule has 0 aliphatic carbocycles. The van der Waals surface area contributed by atoms with E-state index in [1.54, 1.807) is 0 Å². The summed E-state index contributed by atoms with van der Waals surface area (Å²) in [5.41, 5.74) is 2.11. The predicted octanol–water partition coefficient (Wildman–Crippen LogP) is 2.95. The maximum absolute atomic E-state index is 13.6. The van der Waals surface area contributed by atoms with E-state index in [-0.39, 0.29) is 17.1 Å². The van der Waals surface area contributed by atoms with Gasteiger partial charge in [0.15, 0.2) is 11.5 Å². The molecule has 0 spiro atoms. The van der Waals surface area contributed by atoms with E-state index in [1.807, 2.05) is 24.3 Å². The Bertz CT molecular complexity index is 1380. The fraction of sp³-hybridized carbons (Fsp3) is 0.296. The van der Waals surface area contributed by atoms with Gasteiger partial charge in [-0.05, 0) is 54.1 Å². The van der Waals surface area contributed by atoms with Gasteiger partial charge in [0.05, 0.1) is 23.8 Å². The van der Waals surface area contributed by atoms with Crippen molar-refractivity contribution in [1.29, 1.82) is 0 Å². The first-order valence-corrected chi connectivity index (χ1v) is 13.7. The number of sulfonamides is 1. The molecule has 0 radical (unpaired) electrons. The van der Waals surface area contributed by atoms with Crippen molar-refractivity contribution in [2.75, 3.05) is 55.3 Å². The Labute approximate surface area is 220 Å². The molecule has 0 bridgehead atoms. The lowest BCUT2D eigenvalue weighted by Crippen LogP contribution is -2.40. The van der Waals surface area contributed by atoms with E-state index < -0.39 is 28.3 Å². The van der Waals surface area contributed by atoms with Crippen LogP contribution >= 0.6 is 0 Å². The summed E-state index contributed by atoms with van der Waals surface area (Å²) >= 11 is 0. The van der Waals surface area contributed by atoms with E-state index in [9.17, 15) is 17.6 Å². The maximum atomic E-state index is 13.6. The first-order valence-electron chi connectivity index (χ1n) is 12.3. The number of anilines is 2. The highest BCUT2D eigenvalue weighted by Gasteiger charge is 2.29. The van der Waals surface area contributed by atoms with Crippen molar-refractivity contribution >= 4 is 27.3 Å². The first kappa shape index (κ1) is 25.8. The second kappa shape index (κ2) is 11.3. The zero-order chi connectivity index (χ0) is 26.5. The Morgan fingerprint density at radius 3 is 2.29 bits per heavy atom. The highest BCUT2D eigenvalue weighted by Crippen LogP contribution is 2.34. The zero-order valence-electron chi connectivity index (χ0n) is 20.6. The van der Waals surface area contributed by atoms with E-state index in [4.69, 9.17) is 14.2 Å². The topological polar surface area (TPSA) is 97.4 Å². The maximum Gasteiger partial charge on any atom is 0.264 e. The van der Waals surface area contributed by atoms with Gasteiger partial charge in [0, 0.05) is 31.4 Å². The number of nitrogens with zero attached hydrogens (tertiary/aromatic N) is 2. The molecule has 0 atom stereocenters. The Balaban J connectivity index is 1.31. The molecule has 1 fully saturated rings. The summed E-state index contributed by atoms with van der Waals surface area (Å²) < 4.78 is 58.2. The van der Waals surface area contributed by atoms with Crippen LogP contribution in [-0.4, -0.2) is 60.4 Å². The van der Waals surface area contributed by atoms with E-state index in [0.717, 1.165) is 40.8 Å². The lowest BCUT2D eigenvalue weighted by molar-refractivity contribution is -0.119. The number of amides is 1. The number of carbonyl (C=O) groups excluding carboxylic acids is 1. The van der Waals surface area contributed by atoms with Crippen molar-refractivity contribution in [2.24, 2.45) is 0 Å². The largest absolute Gasteiger partial charge is 0.486 e. The van der Waals surface area contributed by atoms with Crippen molar-refractivity contribution in [3.8, 4) is 11.5 Å². The Hall–Kier alpha value is -3.83. The number of carbonyl (C=O) groups is 1. The molecule has 2 aliphatic rings. The summed E-state index contributed by atoms with van der Waals surface area (Å²) in [6.45, 7) is 3.44. The van der Waals surface area contributed by atoms with Crippen LogP contribution in [0.5, 0.6) is 11.5 Å². The van der Waals surface area contributed by atoms with Crippen molar-refractivity contribution in [3.05, 3.63) is 78.1 Å². The minimum Gasteiger partial charge on any atom is -0.486 e. The van der Waals surface area contributed by atoms with E-state index in [1.165, 1.54) is 30.3 Å². The average molecular weight is 542 g/mol. The van der Waals surface area contributed by atoms with Gasteiger partial charge in [0.25, 0.3) is 10.0 Å². The molecule has 0 unspecified atom stereocenters. The molecule has 5 rings (SSSR count). The molecule has 11 heteroatoms. The molecule has 38 heavy (non-hydrogen) atoms. The predicted molar refractivity (Wildman–Crippen MR) is 140 cm³/mol. The van der Waals surface area contributed by atoms with Gasteiger partial charge in [-0.15, -0.1) is 0 Å². The number of rotatable bonds is 8.